The highest BCUT2D eigenvalue weighted by Crippen LogP contribution is 2.29. The van der Waals surface area contributed by atoms with Crippen LogP contribution < -0.4 is 4.72 Å². The molecule has 0 saturated heterocycles. The van der Waals surface area contributed by atoms with E-state index >= 15 is 0 Å². The van der Waals surface area contributed by atoms with Crippen molar-refractivity contribution in [2.75, 3.05) is 0 Å². The molecule has 0 fully saturated rings. The van der Waals surface area contributed by atoms with Gasteiger partial charge in [-0.3, -0.25) is 9.59 Å². The van der Waals surface area contributed by atoms with Crippen molar-refractivity contribution >= 4 is 45.2 Å². The van der Waals surface area contributed by atoms with Gasteiger partial charge >= 0.3 is 11.9 Å². The van der Waals surface area contributed by atoms with Gasteiger partial charge in [0.15, 0.2) is 5.82 Å². The van der Waals surface area contributed by atoms with Crippen LogP contribution in [-0.4, -0.2) is 36.6 Å². The average Bonchev–Trinajstić information content (AvgIpc) is 2.33. The molecule has 0 spiro atoms. The summed E-state index contributed by atoms with van der Waals surface area (Å²) < 4.78 is 39.0. The number of sulfonamides is 1. The molecule has 0 aliphatic heterocycles. The van der Waals surface area contributed by atoms with E-state index < -0.39 is 55.2 Å². The number of benzene rings is 1. The lowest BCUT2D eigenvalue weighted by atomic mass is 10.2. The van der Waals surface area contributed by atoms with Gasteiger partial charge in [-0.05, 0) is 12.1 Å². The van der Waals surface area contributed by atoms with Crippen LogP contribution in [0.4, 0.5) is 4.39 Å². The average molecular weight is 360 g/mol. The Balaban J connectivity index is 3.20. The lowest BCUT2D eigenvalue weighted by Gasteiger charge is -2.14. The molecule has 1 atom stereocenters. The fraction of sp³-hybridized carbons (Fsp3) is 0.200. The first-order valence-electron chi connectivity index (χ1n) is 5.16. The van der Waals surface area contributed by atoms with Gasteiger partial charge in [-0.1, -0.05) is 23.2 Å². The largest absolute Gasteiger partial charge is 0.481 e. The van der Waals surface area contributed by atoms with Gasteiger partial charge in [0.1, 0.15) is 10.9 Å². The van der Waals surface area contributed by atoms with Gasteiger partial charge in [-0.25, -0.2) is 12.8 Å². The first-order valence-corrected chi connectivity index (χ1v) is 7.40. The van der Waals surface area contributed by atoms with Crippen LogP contribution in [0.1, 0.15) is 6.42 Å². The first-order chi connectivity index (χ1) is 9.56. The third kappa shape index (κ3) is 4.27. The molecule has 1 aromatic rings. The molecular formula is C10H8Cl2FNO6S. The summed E-state index contributed by atoms with van der Waals surface area (Å²) in [6.45, 7) is 0. The van der Waals surface area contributed by atoms with Gasteiger partial charge in [0.05, 0.1) is 16.5 Å². The zero-order valence-corrected chi connectivity index (χ0v) is 12.3. The van der Waals surface area contributed by atoms with Crippen LogP contribution in [0.15, 0.2) is 17.0 Å². The van der Waals surface area contributed by atoms with E-state index in [4.69, 9.17) is 33.4 Å². The van der Waals surface area contributed by atoms with E-state index in [-0.39, 0.29) is 0 Å². The predicted octanol–water partition coefficient (Wildman–Crippen LogP) is 1.34. The highest BCUT2D eigenvalue weighted by atomic mass is 35.5. The van der Waals surface area contributed by atoms with Crippen molar-refractivity contribution in [3.8, 4) is 0 Å². The molecule has 0 heterocycles. The van der Waals surface area contributed by atoms with Gasteiger partial charge in [0.25, 0.3) is 0 Å². The lowest BCUT2D eigenvalue weighted by Crippen LogP contribution is -2.42. The number of nitrogens with one attached hydrogen (secondary N) is 1. The molecule has 1 aromatic carbocycles. The highest BCUT2D eigenvalue weighted by Gasteiger charge is 2.30. The lowest BCUT2D eigenvalue weighted by molar-refractivity contribution is -0.145. The second kappa shape index (κ2) is 6.56. The van der Waals surface area contributed by atoms with E-state index in [1.807, 2.05) is 0 Å². The first kappa shape index (κ1) is 17.6. The van der Waals surface area contributed by atoms with Crippen molar-refractivity contribution < 1.29 is 32.6 Å². The quantitative estimate of drug-likeness (QED) is 0.659. The molecule has 0 saturated carbocycles. The number of carboxylic acids is 2. The summed E-state index contributed by atoms with van der Waals surface area (Å²) >= 11 is 10.9. The molecule has 0 amide bonds. The van der Waals surface area contributed by atoms with Crippen molar-refractivity contribution in [3.05, 3.63) is 28.0 Å². The number of carboxylic acid groups (broad SMARTS) is 2. The van der Waals surface area contributed by atoms with Gasteiger partial charge in [-0.2, -0.15) is 4.72 Å². The fourth-order valence-corrected chi connectivity index (χ4v) is 3.25. The minimum absolute atomic E-state index is 0.417. The number of rotatable bonds is 6. The third-order valence-corrected chi connectivity index (χ3v) is 4.55. The molecule has 21 heavy (non-hydrogen) atoms. The number of hydrogen-bond donors (Lipinski definition) is 3. The Labute approximate surface area is 128 Å². The van der Waals surface area contributed by atoms with Crippen LogP contribution >= 0.6 is 23.2 Å². The molecule has 0 aliphatic carbocycles. The van der Waals surface area contributed by atoms with Gasteiger partial charge in [0, 0.05) is 0 Å². The van der Waals surface area contributed by atoms with E-state index in [1.54, 1.807) is 4.72 Å². The zero-order valence-electron chi connectivity index (χ0n) is 10.0. The van der Waals surface area contributed by atoms with Crippen LogP contribution in [0.25, 0.3) is 0 Å². The molecule has 7 nitrogen and oxygen atoms in total. The molecule has 3 N–H and O–H groups in total. The Morgan fingerprint density at radius 1 is 1.29 bits per heavy atom. The molecule has 1 rings (SSSR count). The highest BCUT2D eigenvalue weighted by molar-refractivity contribution is 7.89. The monoisotopic (exact) mass is 359 g/mol. The van der Waals surface area contributed by atoms with Crippen molar-refractivity contribution in [1.29, 1.82) is 0 Å². The Bertz CT molecular complexity index is 693. The molecule has 0 radical (unpaired) electrons. The van der Waals surface area contributed by atoms with Crippen molar-refractivity contribution in [3.63, 3.8) is 0 Å². The summed E-state index contributed by atoms with van der Waals surface area (Å²) in [5.41, 5.74) is 0. The maximum atomic E-state index is 13.5. The van der Waals surface area contributed by atoms with Crippen LogP contribution in [0.5, 0.6) is 0 Å². The van der Waals surface area contributed by atoms with E-state index in [1.165, 1.54) is 0 Å². The van der Waals surface area contributed by atoms with E-state index in [9.17, 15) is 22.4 Å². The van der Waals surface area contributed by atoms with Crippen molar-refractivity contribution in [2.24, 2.45) is 0 Å². The zero-order chi connectivity index (χ0) is 16.4. The van der Waals surface area contributed by atoms with E-state index in [2.05, 4.69) is 0 Å². The van der Waals surface area contributed by atoms with Crippen LogP contribution in [0, 0.1) is 5.82 Å². The molecular weight excluding hydrogens is 352 g/mol. The summed E-state index contributed by atoms with van der Waals surface area (Å²) in [6, 6.07) is -0.137. The fourth-order valence-electron chi connectivity index (χ4n) is 1.32. The molecule has 11 heteroatoms. The topological polar surface area (TPSA) is 121 Å². The molecule has 0 aliphatic rings. The van der Waals surface area contributed by atoms with Crippen LogP contribution in [0.3, 0.4) is 0 Å². The Hall–Kier alpha value is -1.42. The number of hydrogen-bond acceptors (Lipinski definition) is 4. The van der Waals surface area contributed by atoms with Crippen LogP contribution in [0.2, 0.25) is 10.0 Å². The second-order valence-corrected chi connectivity index (χ2v) is 6.25. The summed E-state index contributed by atoms with van der Waals surface area (Å²) in [7, 11) is -4.54. The van der Waals surface area contributed by atoms with Crippen LogP contribution in [-0.2, 0) is 19.6 Å². The maximum absolute atomic E-state index is 13.5. The smallest absolute Gasteiger partial charge is 0.322 e. The number of halogens is 3. The maximum Gasteiger partial charge on any atom is 0.322 e. The summed E-state index contributed by atoms with van der Waals surface area (Å²) in [5.74, 6) is -4.42. The number of aliphatic carboxylic acids is 2. The van der Waals surface area contributed by atoms with Gasteiger partial charge in [0.2, 0.25) is 10.0 Å². The van der Waals surface area contributed by atoms with Crippen molar-refractivity contribution in [1.82, 2.24) is 4.72 Å². The molecule has 0 aromatic heterocycles. The third-order valence-electron chi connectivity index (χ3n) is 2.26. The van der Waals surface area contributed by atoms with Crippen molar-refractivity contribution in [2.45, 2.75) is 17.4 Å². The Morgan fingerprint density at radius 3 is 2.33 bits per heavy atom. The minimum Gasteiger partial charge on any atom is -0.481 e. The Morgan fingerprint density at radius 2 is 1.86 bits per heavy atom. The normalized spacial score (nSPS) is 12.9. The molecule has 116 valence electrons. The molecule has 1 unspecified atom stereocenters. The minimum atomic E-state index is -4.54. The SMILES string of the molecule is O=C(O)CC(NS(=O)(=O)c1ccc(Cl)c(F)c1Cl)C(=O)O. The second-order valence-electron chi connectivity index (χ2n) is 3.78. The molecule has 0 bridgehead atoms. The van der Waals surface area contributed by atoms with E-state index in [0.29, 0.717) is 0 Å². The predicted molar refractivity (Wildman–Crippen MR) is 70.4 cm³/mol. The summed E-state index contributed by atoms with van der Waals surface area (Å²) in [6.07, 6.45) is -0.998. The Kier molecular flexibility index (Phi) is 5.51. The number of carbonyl (C=O) groups is 2. The van der Waals surface area contributed by atoms with Gasteiger partial charge in [-0.15, -0.1) is 0 Å². The summed E-state index contributed by atoms with van der Waals surface area (Å²) in [4.78, 5) is 20.6. The van der Waals surface area contributed by atoms with Gasteiger partial charge < -0.3 is 10.2 Å². The van der Waals surface area contributed by atoms with E-state index in [0.717, 1.165) is 12.1 Å². The summed E-state index contributed by atoms with van der Waals surface area (Å²) in [5, 5.41) is 16.1. The standard InChI is InChI=1S/C10H8Cl2FNO6S/c11-4-1-2-6(8(12)9(4)13)21(19,20)14-5(10(17)18)3-7(15)16/h1-2,5,14H,3H2,(H,15,16)(H,17,18).